The zero-order valence-electron chi connectivity index (χ0n) is 6.18. The Hall–Kier alpha value is -0.530. The molecule has 0 heterocycles. The number of Topliss-reactive ketones (excluding diaryl/α,β-unsaturated/α-hetero) is 1. The normalized spacial score (nSPS) is 21.2. The van der Waals surface area contributed by atoms with Gasteiger partial charge in [-0.2, -0.15) is 0 Å². The highest BCUT2D eigenvalue weighted by atomic mass is 35.5. The summed E-state index contributed by atoms with van der Waals surface area (Å²) >= 11 is 11.6. The van der Waals surface area contributed by atoms with E-state index in [-0.39, 0.29) is 5.78 Å². The number of hydrogen-bond donors (Lipinski definition) is 0. The maximum Gasteiger partial charge on any atom is 0.182 e. The van der Waals surface area contributed by atoms with Crippen LogP contribution in [0.25, 0.3) is 0 Å². The Morgan fingerprint density at radius 1 is 1.42 bits per heavy atom. The number of carbonyl (C=O) groups is 1. The number of hydrogen-bond acceptors (Lipinski definition) is 1. The fourth-order valence-corrected chi connectivity index (χ4v) is 2.02. The molecule has 3 heteroatoms. The molecule has 0 fully saturated rings. The van der Waals surface area contributed by atoms with Gasteiger partial charge in [-0.1, -0.05) is 23.7 Å². The minimum Gasteiger partial charge on any atom is -0.292 e. The third-order valence-corrected chi connectivity index (χ3v) is 2.70. The van der Waals surface area contributed by atoms with E-state index >= 15 is 0 Å². The molecule has 0 amide bonds. The van der Waals surface area contributed by atoms with E-state index in [2.05, 4.69) is 0 Å². The van der Waals surface area contributed by atoms with E-state index in [0.717, 1.165) is 5.56 Å². The standard InChI is InChI=1S/C9H6Cl2O/c10-6-3-1-2-5-4-7(11)9(12)8(5)6/h1-3,7H,4H2. The van der Waals surface area contributed by atoms with E-state index in [1.165, 1.54) is 0 Å². The number of alkyl halides is 1. The highest BCUT2D eigenvalue weighted by molar-refractivity contribution is 6.40. The van der Waals surface area contributed by atoms with Crippen LogP contribution in [0.5, 0.6) is 0 Å². The van der Waals surface area contributed by atoms with Crippen LogP contribution >= 0.6 is 23.2 Å². The van der Waals surface area contributed by atoms with Crippen molar-refractivity contribution in [1.29, 1.82) is 0 Å². The molecule has 1 aromatic carbocycles. The Bertz CT molecular complexity index is 346. The van der Waals surface area contributed by atoms with Crippen LogP contribution in [0.4, 0.5) is 0 Å². The summed E-state index contributed by atoms with van der Waals surface area (Å²) in [5, 5.41) is 0.0977. The number of rotatable bonds is 0. The molecule has 1 unspecified atom stereocenters. The first-order valence-corrected chi connectivity index (χ1v) is 4.47. The summed E-state index contributed by atoms with van der Waals surface area (Å²) in [6.07, 6.45) is 0.607. The Labute approximate surface area is 80.3 Å². The first kappa shape index (κ1) is 8.09. The smallest absolute Gasteiger partial charge is 0.182 e. The van der Waals surface area contributed by atoms with Gasteiger partial charge in [-0.25, -0.2) is 0 Å². The number of fused-ring (bicyclic) bond motifs is 1. The van der Waals surface area contributed by atoms with E-state index in [1.807, 2.05) is 12.1 Å². The van der Waals surface area contributed by atoms with Crippen LogP contribution in [0.2, 0.25) is 5.02 Å². The van der Waals surface area contributed by atoms with E-state index in [0.29, 0.717) is 17.0 Å². The molecule has 1 nitrogen and oxygen atoms in total. The van der Waals surface area contributed by atoms with E-state index in [1.54, 1.807) is 6.07 Å². The second-order valence-electron chi connectivity index (χ2n) is 2.81. The lowest BCUT2D eigenvalue weighted by molar-refractivity contribution is 0.0998. The lowest BCUT2D eigenvalue weighted by Gasteiger charge is -1.97. The number of carbonyl (C=O) groups excluding carboxylic acids is 1. The van der Waals surface area contributed by atoms with Crippen molar-refractivity contribution in [3.8, 4) is 0 Å². The first-order chi connectivity index (χ1) is 5.70. The maximum absolute atomic E-state index is 11.4. The molecule has 0 bridgehead atoms. The molecule has 0 saturated carbocycles. The Morgan fingerprint density at radius 2 is 2.17 bits per heavy atom. The highest BCUT2D eigenvalue weighted by Crippen LogP contribution is 2.30. The summed E-state index contributed by atoms with van der Waals surface area (Å²) in [5.74, 6) is -0.0442. The molecule has 1 aliphatic rings. The van der Waals surface area contributed by atoms with E-state index in [9.17, 15) is 4.79 Å². The van der Waals surface area contributed by atoms with Gasteiger partial charge >= 0.3 is 0 Å². The van der Waals surface area contributed by atoms with Gasteiger partial charge in [0, 0.05) is 5.56 Å². The van der Waals surface area contributed by atoms with Gasteiger partial charge in [0.2, 0.25) is 0 Å². The Balaban J connectivity index is 2.62. The minimum atomic E-state index is -0.417. The average molecular weight is 201 g/mol. The van der Waals surface area contributed by atoms with Gasteiger partial charge < -0.3 is 0 Å². The second-order valence-corrected chi connectivity index (χ2v) is 3.74. The van der Waals surface area contributed by atoms with Gasteiger partial charge in [-0.15, -0.1) is 11.6 Å². The number of benzene rings is 1. The molecular weight excluding hydrogens is 195 g/mol. The van der Waals surface area contributed by atoms with Crippen molar-refractivity contribution in [2.24, 2.45) is 0 Å². The maximum atomic E-state index is 11.4. The van der Waals surface area contributed by atoms with Crippen molar-refractivity contribution < 1.29 is 4.79 Å². The van der Waals surface area contributed by atoms with Crippen molar-refractivity contribution >= 4 is 29.0 Å². The molecule has 1 aliphatic carbocycles. The van der Waals surface area contributed by atoms with Gasteiger partial charge in [0.05, 0.1) is 5.02 Å². The summed E-state index contributed by atoms with van der Waals surface area (Å²) in [4.78, 5) is 11.4. The molecule has 0 aliphatic heterocycles. The van der Waals surface area contributed by atoms with Crippen LogP contribution in [0.1, 0.15) is 15.9 Å². The van der Waals surface area contributed by atoms with Crippen LogP contribution < -0.4 is 0 Å². The average Bonchev–Trinajstić information content (AvgIpc) is 2.29. The third-order valence-electron chi connectivity index (χ3n) is 2.03. The molecule has 0 saturated heterocycles. The molecular formula is C9H6Cl2O. The molecule has 0 aromatic heterocycles. The number of ketones is 1. The first-order valence-electron chi connectivity index (χ1n) is 3.66. The topological polar surface area (TPSA) is 17.1 Å². The fourth-order valence-electron chi connectivity index (χ4n) is 1.46. The third kappa shape index (κ3) is 1.05. The van der Waals surface area contributed by atoms with Gasteiger partial charge in [0.15, 0.2) is 5.78 Å². The molecule has 2 rings (SSSR count). The quantitative estimate of drug-likeness (QED) is 0.589. The molecule has 62 valence electrons. The highest BCUT2D eigenvalue weighted by Gasteiger charge is 2.30. The fraction of sp³-hybridized carbons (Fsp3) is 0.222. The lowest BCUT2D eigenvalue weighted by atomic mass is 10.1. The largest absolute Gasteiger partial charge is 0.292 e. The van der Waals surface area contributed by atoms with Gasteiger partial charge in [0.1, 0.15) is 5.38 Å². The summed E-state index contributed by atoms with van der Waals surface area (Å²) in [6, 6.07) is 5.44. The van der Waals surface area contributed by atoms with Crippen molar-refractivity contribution in [2.45, 2.75) is 11.8 Å². The number of halogens is 2. The molecule has 0 N–H and O–H groups in total. The predicted octanol–water partition coefficient (Wildman–Crippen LogP) is 2.69. The van der Waals surface area contributed by atoms with E-state index in [4.69, 9.17) is 23.2 Å². The molecule has 0 radical (unpaired) electrons. The zero-order chi connectivity index (χ0) is 8.72. The van der Waals surface area contributed by atoms with Crippen LogP contribution in [-0.4, -0.2) is 11.2 Å². The summed E-state index contributed by atoms with van der Waals surface area (Å²) in [7, 11) is 0. The monoisotopic (exact) mass is 200 g/mol. The molecule has 1 atom stereocenters. The zero-order valence-corrected chi connectivity index (χ0v) is 7.69. The van der Waals surface area contributed by atoms with Crippen molar-refractivity contribution in [2.75, 3.05) is 0 Å². The molecule has 12 heavy (non-hydrogen) atoms. The van der Waals surface area contributed by atoms with Gasteiger partial charge in [0.25, 0.3) is 0 Å². The van der Waals surface area contributed by atoms with Gasteiger partial charge in [-0.05, 0) is 18.1 Å². The van der Waals surface area contributed by atoms with Crippen molar-refractivity contribution in [3.63, 3.8) is 0 Å². The summed E-state index contributed by atoms with van der Waals surface area (Å²) in [6.45, 7) is 0. The molecule has 0 spiro atoms. The SMILES string of the molecule is O=C1c2c(Cl)cccc2CC1Cl. The van der Waals surface area contributed by atoms with Crippen LogP contribution in [0, 0.1) is 0 Å². The summed E-state index contributed by atoms with van der Waals surface area (Å²) < 4.78 is 0. The summed E-state index contributed by atoms with van der Waals surface area (Å²) in [5.41, 5.74) is 1.58. The van der Waals surface area contributed by atoms with Gasteiger partial charge in [-0.3, -0.25) is 4.79 Å². The molecule has 1 aromatic rings. The van der Waals surface area contributed by atoms with Crippen LogP contribution in [0.3, 0.4) is 0 Å². The van der Waals surface area contributed by atoms with Crippen LogP contribution in [-0.2, 0) is 6.42 Å². The lowest BCUT2D eigenvalue weighted by Crippen LogP contribution is -2.07. The predicted molar refractivity (Wildman–Crippen MR) is 49.1 cm³/mol. The van der Waals surface area contributed by atoms with E-state index < -0.39 is 5.38 Å². The van der Waals surface area contributed by atoms with Crippen molar-refractivity contribution in [3.05, 3.63) is 34.3 Å². The minimum absolute atomic E-state index is 0.0442. The van der Waals surface area contributed by atoms with Crippen molar-refractivity contribution in [1.82, 2.24) is 0 Å². The Morgan fingerprint density at radius 3 is 2.83 bits per heavy atom. The van der Waals surface area contributed by atoms with Crippen LogP contribution in [0.15, 0.2) is 18.2 Å². The second kappa shape index (κ2) is 2.75. The Kier molecular flexibility index (Phi) is 1.85.